The van der Waals surface area contributed by atoms with E-state index in [4.69, 9.17) is 4.98 Å². The number of rotatable bonds is 8. The van der Waals surface area contributed by atoms with E-state index in [1.165, 1.54) is 28.7 Å². The third-order valence-corrected chi connectivity index (χ3v) is 7.78. The first-order chi connectivity index (χ1) is 16.4. The van der Waals surface area contributed by atoms with Crippen molar-refractivity contribution >= 4 is 45.0 Å². The highest BCUT2D eigenvalue weighted by Gasteiger charge is 2.17. The quantitative estimate of drug-likeness (QED) is 0.222. The van der Waals surface area contributed by atoms with E-state index >= 15 is 0 Å². The fourth-order valence-corrected chi connectivity index (χ4v) is 5.69. The number of nitrogens with zero attached hydrogens (tertiary/aromatic N) is 4. The number of fused-ring (bicyclic) bond motifs is 1. The van der Waals surface area contributed by atoms with Gasteiger partial charge in [0.15, 0.2) is 10.3 Å². The maximum absolute atomic E-state index is 13.5. The van der Waals surface area contributed by atoms with Crippen molar-refractivity contribution < 1.29 is 4.79 Å². The maximum Gasteiger partial charge on any atom is 0.266 e. The first-order valence-corrected chi connectivity index (χ1v) is 13.3. The third kappa shape index (κ3) is 4.93. The van der Waals surface area contributed by atoms with Gasteiger partial charge in [-0.25, -0.2) is 9.97 Å². The van der Waals surface area contributed by atoms with Gasteiger partial charge in [0.25, 0.3) is 5.56 Å². The molecule has 8 heteroatoms. The standard InChI is InChI=1S/C26H28N4O2S2/c1-5-17(3)19-11-13-21(14-12-19)30-24(32)22-9-7-8-10-23(22)28-26(30)34-16-20-15-33-25(27-20)29(6-2)18(4)31/h7-15,17H,5-6,16H2,1-4H3. The van der Waals surface area contributed by atoms with Crippen molar-refractivity contribution in [1.29, 1.82) is 0 Å². The Bertz CT molecular complexity index is 1360. The van der Waals surface area contributed by atoms with Crippen LogP contribution in [0.5, 0.6) is 0 Å². The molecule has 0 aliphatic rings. The van der Waals surface area contributed by atoms with Gasteiger partial charge in [-0.1, -0.05) is 49.9 Å². The summed E-state index contributed by atoms with van der Waals surface area (Å²) in [6, 6.07) is 15.6. The summed E-state index contributed by atoms with van der Waals surface area (Å²) >= 11 is 2.92. The zero-order valence-electron chi connectivity index (χ0n) is 19.8. The fourth-order valence-electron chi connectivity index (χ4n) is 3.74. The van der Waals surface area contributed by atoms with Crippen LogP contribution in [0.15, 0.2) is 63.9 Å². The lowest BCUT2D eigenvalue weighted by atomic mass is 9.98. The van der Waals surface area contributed by atoms with Gasteiger partial charge < -0.3 is 0 Å². The molecule has 2 aromatic carbocycles. The molecule has 0 radical (unpaired) electrons. The van der Waals surface area contributed by atoms with E-state index in [2.05, 4.69) is 31.0 Å². The summed E-state index contributed by atoms with van der Waals surface area (Å²) in [6.45, 7) is 8.43. The van der Waals surface area contributed by atoms with Crippen molar-refractivity contribution in [3.63, 3.8) is 0 Å². The number of thioether (sulfide) groups is 1. The summed E-state index contributed by atoms with van der Waals surface area (Å²) in [5.74, 6) is 0.981. The summed E-state index contributed by atoms with van der Waals surface area (Å²) < 4.78 is 1.69. The van der Waals surface area contributed by atoms with E-state index in [0.29, 0.717) is 39.4 Å². The zero-order valence-corrected chi connectivity index (χ0v) is 21.4. The number of carbonyl (C=O) groups is 1. The molecule has 0 aliphatic heterocycles. The monoisotopic (exact) mass is 492 g/mol. The largest absolute Gasteiger partial charge is 0.289 e. The van der Waals surface area contributed by atoms with Crippen LogP contribution in [-0.4, -0.2) is 27.0 Å². The number of hydrogen-bond donors (Lipinski definition) is 0. The predicted molar refractivity (Wildman–Crippen MR) is 141 cm³/mol. The number of anilines is 1. The van der Waals surface area contributed by atoms with Crippen LogP contribution >= 0.6 is 23.1 Å². The predicted octanol–water partition coefficient (Wildman–Crippen LogP) is 6.02. The Morgan fingerprint density at radius 2 is 1.85 bits per heavy atom. The summed E-state index contributed by atoms with van der Waals surface area (Å²) in [7, 11) is 0. The molecule has 1 atom stereocenters. The van der Waals surface area contributed by atoms with Crippen LogP contribution in [0.4, 0.5) is 5.13 Å². The van der Waals surface area contributed by atoms with Crippen molar-refractivity contribution in [2.75, 3.05) is 11.4 Å². The molecule has 176 valence electrons. The molecule has 1 amide bonds. The zero-order chi connectivity index (χ0) is 24.2. The van der Waals surface area contributed by atoms with Gasteiger partial charge in [-0.3, -0.25) is 19.1 Å². The van der Waals surface area contributed by atoms with E-state index < -0.39 is 0 Å². The van der Waals surface area contributed by atoms with Gasteiger partial charge in [0.05, 0.1) is 22.3 Å². The molecule has 0 fully saturated rings. The van der Waals surface area contributed by atoms with E-state index in [0.717, 1.165) is 17.8 Å². The van der Waals surface area contributed by atoms with E-state index in [1.54, 1.807) is 16.4 Å². The van der Waals surface area contributed by atoms with Gasteiger partial charge in [-0.15, -0.1) is 11.3 Å². The second kappa shape index (κ2) is 10.5. The van der Waals surface area contributed by atoms with E-state index in [1.807, 2.05) is 48.7 Å². The minimum atomic E-state index is -0.0860. The lowest BCUT2D eigenvalue weighted by Gasteiger charge is -2.15. The Hall–Kier alpha value is -2.97. The summed E-state index contributed by atoms with van der Waals surface area (Å²) in [4.78, 5) is 36.5. The maximum atomic E-state index is 13.5. The average Bonchev–Trinajstić information content (AvgIpc) is 3.31. The molecule has 0 saturated heterocycles. The first-order valence-electron chi connectivity index (χ1n) is 11.4. The summed E-state index contributed by atoms with van der Waals surface area (Å²) in [5.41, 5.74) is 3.49. The van der Waals surface area contributed by atoms with Gasteiger partial charge in [-0.2, -0.15) is 0 Å². The molecule has 0 saturated carbocycles. The van der Waals surface area contributed by atoms with E-state index in [-0.39, 0.29) is 11.5 Å². The lowest BCUT2D eigenvalue weighted by molar-refractivity contribution is -0.116. The number of carbonyl (C=O) groups excluding carboxylic acids is 1. The Kier molecular flexibility index (Phi) is 7.48. The molecule has 6 nitrogen and oxygen atoms in total. The van der Waals surface area contributed by atoms with Crippen molar-refractivity contribution in [2.24, 2.45) is 0 Å². The number of benzene rings is 2. The van der Waals surface area contributed by atoms with Gasteiger partial charge >= 0.3 is 0 Å². The fraction of sp³-hybridized carbons (Fsp3) is 0.308. The minimum Gasteiger partial charge on any atom is -0.289 e. The van der Waals surface area contributed by atoms with Gasteiger partial charge in [-0.05, 0) is 49.1 Å². The highest BCUT2D eigenvalue weighted by molar-refractivity contribution is 7.98. The Labute approximate surface area is 207 Å². The average molecular weight is 493 g/mol. The van der Waals surface area contributed by atoms with Crippen molar-refractivity contribution in [1.82, 2.24) is 14.5 Å². The molecular formula is C26H28N4O2S2. The topological polar surface area (TPSA) is 68.1 Å². The molecule has 1 unspecified atom stereocenters. The highest BCUT2D eigenvalue weighted by Crippen LogP contribution is 2.28. The van der Waals surface area contributed by atoms with Crippen LogP contribution in [0, 0.1) is 0 Å². The van der Waals surface area contributed by atoms with Gasteiger partial charge in [0.2, 0.25) is 5.91 Å². The van der Waals surface area contributed by atoms with Crippen LogP contribution in [0.2, 0.25) is 0 Å². The third-order valence-electron chi connectivity index (χ3n) is 5.89. The highest BCUT2D eigenvalue weighted by atomic mass is 32.2. The molecule has 0 aliphatic carbocycles. The van der Waals surface area contributed by atoms with Crippen molar-refractivity contribution in [2.45, 2.75) is 50.9 Å². The Balaban J connectivity index is 1.70. The first kappa shape index (κ1) is 24.2. The lowest BCUT2D eigenvalue weighted by Crippen LogP contribution is -2.27. The smallest absolute Gasteiger partial charge is 0.266 e. The second-order valence-electron chi connectivity index (χ2n) is 8.13. The number of aromatic nitrogens is 3. The minimum absolute atomic E-state index is 0.0260. The van der Waals surface area contributed by atoms with Crippen LogP contribution in [-0.2, 0) is 10.5 Å². The Morgan fingerprint density at radius 3 is 2.53 bits per heavy atom. The van der Waals surface area contributed by atoms with Crippen LogP contribution in [0.1, 0.15) is 51.3 Å². The molecular weight excluding hydrogens is 464 g/mol. The second-order valence-corrected chi connectivity index (χ2v) is 9.91. The Morgan fingerprint density at radius 1 is 1.12 bits per heavy atom. The molecule has 4 aromatic rings. The van der Waals surface area contributed by atoms with Gasteiger partial charge in [0, 0.05) is 24.6 Å². The van der Waals surface area contributed by atoms with Crippen molar-refractivity contribution in [3.05, 3.63) is 75.5 Å². The molecule has 4 rings (SSSR count). The van der Waals surface area contributed by atoms with Crippen LogP contribution < -0.4 is 10.5 Å². The normalized spacial score (nSPS) is 12.1. The molecule has 2 heterocycles. The number of amides is 1. The van der Waals surface area contributed by atoms with Crippen LogP contribution in [0.3, 0.4) is 0 Å². The molecule has 0 N–H and O–H groups in total. The molecule has 0 bridgehead atoms. The summed E-state index contributed by atoms with van der Waals surface area (Å²) in [6.07, 6.45) is 1.06. The number of para-hydroxylation sites is 1. The van der Waals surface area contributed by atoms with Gasteiger partial charge in [0.1, 0.15) is 0 Å². The van der Waals surface area contributed by atoms with Crippen LogP contribution in [0.25, 0.3) is 16.6 Å². The van der Waals surface area contributed by atoms with Crippen molar-refractivity contribution in [3.8, 4) is 5.69 Å². The SMILES string of the molecule is CCC(C)c1ccc(-n2c(SCc3csc(N(CC)C(C)=O)n3)nc3ccccc3c2=O)cc1. The number of thiazole rings is 1. The summed E-state index contributed by atoms with van der Waals surface area (Å²) in [5, 5.41) is 3.86. The van der Waals surface area contributed by atoms with E-state index in [9.17, 15) is 9.59 Å². The molecule has 0 spiro atoms. The number of hydrogen-bond acceptors (Lipinski definition) is 6. The molecule has 2 aromatic heterocycles. The molecule has 34 heavy (non-hydrogen) atoms.